The summed E-state index contributed by atoms with van der Waals surface area (Å²) < 4.78 is 0. The van der Waals surface area contributed by atoms with Gasteiger partial charge in [-0.3, -0.25) is 14.4 Å². The largest absolute Gasteiger partial charge is 0.342 e. The van der Waals surface area contributed by atoms with Crippen LogP contribution in [-0.2, 0) is 14.4 Å². The van der Waals surface area contributed by atoms with Gasteiger partial charge < -0.3 is 14.7 Å². The Labute approximate surface area is 179 Å². The Morgan fingerprint density at radius 2 is 1.50 bits per heavy atom. The van der Waals surface area contributed by atoms with Gasteiger partial charge in [0.2, 0.25) is 17.7 Å². The first kappa shape index (κ1) is 20.9. The van der Waals surface area contributed by atoms with Gasteiger partial charge >= 0.3 is 0 Å². The molecule has 1 aromatic rings. The van der Waals surface area contributed by atoms with Gasteiger partial charge in [-0.2, -0.15) is 0 Å². The Kier molecular flexibility index (Phi) is 6.11. The highest BCUT2D eigenvalue weighted by atomic mass is 16.2. The summed E-state index contributed by atoms with van der Waals surface area (Å²) in [6.07, 6.45) is 5.19. The number of likely N-dealkylation sites (tertiary alicyclic amines) is 2. The first-order valence-electron chi connectivity index (χ1n) is 11.4. The number of nitrogens with zero attached hydrogens (tertiary/aromatic N) is 3. The molecule has 0 saturated carbocycles. The normalized spacial score (nSPS) is 23.2. The molecule has 6 heteroatoms. The molecule has 3 heterocycles. The molecule has 0 aliphatic carbocycles. The van der Waals surface area contributed by atoms with E-state index in [0.29, 0.717) is 19.6 Å². The predicted octanol–water partition coefficient (Wildman–Crippen LogP) is 2.91. The summed E-state index contributed by atoms with van der Waals surface area (Å²) >= 11 is 0. The lowest BCUT2D eigenvalue weighted by molar-refractivity contribution is -0.143. The predicted molar refractivity (Wildman–Crippen MR) is 116 cm³/mol. The van der Waals surface area contributed by atoms with E-state index in [0.717, 1.165) is 55.6 Å². The van der Waals surface area contributed by atoms with Crippen molar-refractivity contribution in [3.05, 3.63) is 29.3 Å². The number of carbonyl (C=O) groups is 3. The number of carbonyl (C=O) groups excluding carboxylic acids is 3. The van der Waals surface area contributed by atoms with Gasteiger partial charge in [0.05, 0.1) is 5.92 Å². The number of amides is 3. The smallest absolute Gasteiger partial charge is 0.228 e. The average molecular weight is 412 g/mol. The molecule has 3 amide bonds. The minimum absolute atomic E-state index is 0.0252. The van der Waals surface area contributed by atoms with Gasteiger partial charge in [0.15, 0.2) is 0 Å². The van der Waals surface area contributed by atoms with Crippen molar-refractivity contribution < 1.29 is 14.4 Å². The first-order chi connectivity index (χ1) is 14.5. The molecule has 3 aliphatic rings. The standard InChI is InChI=1S/C24H33N3O3/c1-17-7-6-8-21(18(17)2)27-16-20(15-22(27)28)24(30)26-13-9-19(10-14-26)23(29)25-11-4-3-5-12-25/h6-8,19-20H,3-5,9-16H2,1-2H3. The molecule has 0 spiro atoms. The second kappa shape index (κ2) is 8.78. The molecule has 1 unspecified atom stereocenters. The van der Waals surface area contributed by atoms with Gasteiger partial charge in [-0.05, 0) is 63.1 Å². The molecule has 4 rings (SSSR count). The van der Waals surface area contributed by atoms with Crippen molar-refractivity contribution in [2.24, 2.45) is 11.8 Å². The molecule has 0 aromatic heterocycles. The summed E-state index contributed by atoms with van der Waals surface area (Å²) in [5.41, 5.74) is 3.16. The number of piperidine rings is 2. The van der Waals surface area contributed by atoms with Crippen LogP contribution in [0.3, 0.4) is 0 Å². The van der Waals surface area contributed by atoms with Crippen LogP contribution in [0.5, 0.6) is 0 Å². The van der Waals surface area contributed by atoms with E-state index in [2.05, 4.69) is 0 Å². The van der Waals surface area contributed by atoms with Crippen LogP contribution in [-0.4, -0.2) is 60.2 Å². The van der Waals surface area contributed by atoms with Crippen molar-refractivity contribution in [3.63, 3.8) is 0 Å². The minimum atomic E-state index is -0.285. The van der Waals surface area contributed by atoms with E-state index in [1.807, 2.05) is 41.8 Å². The topological polar surface area (TPSA) is 60.9 Å². The fraction of sp³-hybridized carbons (Fsp3) is 0.625. The zero-order chi connectivity index (χ0) is 21.3. The highest BCUT2D eigenvalue weighted by Gasteiger charge is 2.39. The van der Waals surface area contributed by atoms with Crippen molar-refractivity contribution in [3.8, 4) is 0 Å². The van der Waals surface area contributed by atoms with Gasteiger partial charge in [-0.15, -0.1) is 0 Å². The maximum atomic E-state index is 13.1. The lowest BCUT2D eigenvalue weighted by Gasteiger charge is -2.36. The fourth-order valence-corrected chi connectivity index (χ4v) is 5.11. The van der Waals surface area contributed by atoms with Gasteiger partial charge in [0.1, 0.15) is 0 Å². The molecule has 162 valence electrons. The van der Waals surface area contributed by atoms with E-state index in [4.69, 9.17) is 0 Å². The molecule has 0 bridgehead atoms. The number of anilines is 1. The van der Waals surface area contributed by atoms with E-state index in [9.17, 15) is 14.4 Å². The van der Waals surface area contributed by atoms with Gasteiger partial charge in [0, 0.05) is 50.7 Å². The number of aryl methyl sites for hydroxylation is 1. The Hall–Kier alpha value is -2.37. The second-order valence-electron chi connectivity index (χ2n) is 9.11. The molecular formula is C24H33N3O3. The summed E-state index contributed by atoms with van der Waals surface area (Å²) in [5.74, 6) is 0.131. The first-order valence-corrected chi connectivity index (χ1v) is 11.4. The Balaban J connectivity index is 1.34. The lowest BCUT2D eigenvalue weighted by Crippen LogP contribution is -2.47. The van der Waals surface area contributed by atoms with Crippen LogP contribution in [0.15, 0.2) is 18.2 Å². The summed E-state index contributed by atoms with van der Waals surface area (Å²) in [7, 11) is 0. The molecule has 0 N–H and O–H groups in total. The van der Waals surface area contributed by atoms with Gasteiger partial charge in [-0.25, -0.2) is 0 Å². The van der Waals surface area contributed by atoms with Crippen molar-refractivity contribution in [2.75, 3.05) is 37.6 Å². The van der Waals surface area contributed by atoms with Crippen LogP contribution in [0.25, 0.3) is 0 Å². The van der Waals surface area contributed by atoms with E-state index >= 15 is 0 Å². The van der Waals surface area contributed by atoms with Crippen LogP contribution < -0.4 is 4.90 Å². The van der Waals surface area contributed by atoms with Gasteiger partial charge in [-0.1, -0.05) is 12.1 Å². The number of hydrogen-bond acceptors (Lipinski definition) is 3. The minimum Gasteiger partial charge on any atom is -0.342 e. The van der Waals surface area contributed by atoms with Crippen molar-refractivity contribution in [1.82, 2.24) is 9.80 Å². The zero-order valence-corrected chi connectivity index (χ0v) is 18.2. The molecule has 3 aliphatic heterocycles. The number of hydrogen-bond donors (Lipinski definition) is 0. The third-order valence-electron chi connectivity index (χ3n) is 7.16. The number of benzene rings is 1. The van der Waals surface area contributed by atoms with Crippen LogP contribution in [0, 0.1) is 25.7 Å². The average Bonchev–Trinajstić information content (AvgIpc) is 3.16. The summed E-state index contributed by atoms with van der Waals surface area (Å²) in [4.78, 5) is 44.2. The van der Waals surface area contributed by atoms with Crippen LogP contribution in [0.2, 0.25) is 0 Å². The van der Waals surface area contributed by atoms with Crippen molar-refractivity contribution in [1.29, 1.82) is 0 Å². The van der Waals surface area contributed by atoms with E-state index < -0.39 is 0 Å². The van der Waals surface area contributed by atoms with E-state index in [1.54, 1.807) is 4.90 Å². The quantitative estimate of drug-likeness (QED) is 0.768. The van der Waals surface area contributed by atoms with Crippen LogP contribution in [0.1, 0.15) is 49.7 Å². The summed E-state index contributed by atoms with van der Waals surface area (Å²) in [6, 6.07) is 5.96. The third-order valence-corrected chi connectivity index (χ3v) is 7.16. The molecule has 1 aromatic carbocycles. The molecule has 1 atom stereocenters. The van der Waals surface area contributed by atoms with E-state index in [1.165, 1.54) is 6.42 Å². The van der Waals surface area contributed by atoms with Crippen molar-refractivity contribution in [2.45, 2.75) is 52.4 Å². The third kappa shape index (κ3) is 4.09. The SMILES string of the molecule is Cc1cccc(N2CC(C(=O)N3CCC(C(=O)N4CCCCC4)CC3)CC2=O)c1C. The lowest BCUT2D eigenvalue weighted by atomic mass is 9.93. The maximum absolute atomic E-state index is 13.1. The highest BCUT2D eigenvalue weighted by Crippen LogP contribution is 2.31. The Bertz CT molecular complexity index is 823. The molecule has 30 heavy (non-hydrogen) atoms. The maximum Gasteiger partial charge on any atom is 0.228 e. The molecule has 3 saturated heterocycles. The Morgan fingerprint density at radius 3 is 2.20 bits per heavy atom. The summed E-state index contributed by atoms with van der Waals surface area (Å²) in [6.45, 7) is 7.53. The zero-order valence-electron chi connectivity index (χ0n) is 18.2. The van der Waals surface area contributed by atoms with Gasteiger partial charge in [0.25, 0.3) is 0 Å². The summed E-state index contributed by atoms with van der Waals surface area (Å²) in [5, 5.41) is 0. The Morgan fingerprint density at radius 1 is 0.867 bits per heavy atom. The molecule has 6 nitrogen and oxygen atoms in total. The highest BCUT2D eigenvalue weighted by molar-refractivity contribution is 6.01. The monoisotopic (exact) mass is 411 g/mol. The van der Waals surface area contributed by atoms with Crippen LogP contribution in [0.4, 0.5) is 5.69 Å². The molecular weight excluding hydrogens is 378 g/mol. The second-order valence-corrected chi connectivity index (χ2v) is 9.11. The van der Waals surface area contributed by atoms with Crippen LogP contribution >= 0.6 is 0 Å². The molecule has 0 radical (unpaired) electrons. The fourth-order valence-electron chi connectivity index (χ4n) is 5.11. The number of rotatable bonds is 3. The van der Waals surface area contributed by atoms with E-state index in [-0.39, 0.29) is 36.0 Å². The molecule has 3 fully saturated rings. The van der Waals surface area contributed by atoms with Crippen molar-refractivity contribution >= 4 is 23.4 Å².